The number of ether oxygens (including phenoxy) is 1. The highest BCUT2D eigenvalue weighted by molar-refractivity contribution is 5.88. The molecule has 1 aromatic carbocycles. The Morgan fingerprint density at radius 1 is 1.47 bits per heavy atom. The molecule has 0 aliphatic heterocycles. The van der Waals surface area contributed by atoms with Crippen LogP contribution in [0.2, 0.25) is 0 Å². The lowest BCUT2D eigenvalue weighted by molar-refractivity contribution is -0.138. The highest BCUT2D eigenvalue weighted by Gasteiger charge is 2.06. The van der Waals surface area contributed by atoms with Gasteiger partial charge in [-0.2, -0.15) is 0 Å². The molecular formula is C14H19NO2. The van der Waals surface area contributed by atoms with Crippen LogP contribution in [0.5, 0.6) is 0 Å². The Labute approximate surface area is 102 Å². The number of carbonyl (C=O) groups excluding carboxylic acids is 1. The molecule has 0 atom stereocenters. The van der Waals surface area contributed by atoms with Crippen molar-refractivity contribution in [2.45, 2.75) is 20.4 Å². The number of esters is 1. The first-order valence-electron chi connectivity index (χ1n) is 5.74. The third kappa shape index (κ3) is 4.83. The molecule has 0 spiro atoms. The van der Waals surface area contributed by atoms with E-state index in [0.29, 0.717) is 18.7 Å². The van der Waals surface area contributed by atoms with Gasteiger partial charge in [0, 0.05) is 18.7 Å². The van der Waals surface area contributed by atoms with E-state index in [1.54, 1.807) is 6.92 Å². The molecule has 3 nitrogen and oxygen atoms in total. The third-order valence-electron chi connectivity index (χ3n) is 2.31. The molecule has 0 amide bonds. The normalized spacial score (nSPS) is 10.0. The molecule has 17 heavy (non-hydrogen) atoms. The third-order valence-corrected chi connectivity index (χ3v) is 2.31. The van der Waals surface area contributed by atoms with Gasteiger partial charge in [-0.05, 0) is 19.4 Å². The van der Waals surface area contributed by atoms with E-state index >= 15 is 0 Å². The van der Waals surface area contributed by atoms with E-state index in [9.17, 15) is 4.79 Å². The zero-order chi connectivity index (χ0) is 12.7. The summed E-state index contributed by atoms with van der Waals surface area (Å²) in [5, 5.41) is 3.17. The minimum atomic E-state index is -0.329. The Bertz CT molecular complexity index is 399. The number of hydrogen-bond acceptors (Lipinski definition) is 3. The second kappa shape index (κ2) is 6.86. The summed E-state index contributed by atoms with van der Waals surface area (Å²) >= 11 is 0. The monoisotopic (exact) mass is 233 g/mol. The molecule has 0 aromatic heterocycles. The van der Waals surface area contributed by atoms with Crippen LogP contribution in [0, 0.1) is 6.92 Å². The minimum absolute atomic E-state index is 0.329. The van der Waals surface area contributed by atoms with Crippen molar-refractivity contribution in [3.63, 3.8) is 0 Å². The predicted molar refractivity (Wildman–Crippen MR) is 68.7 cm³/mol. The van der Waals surface area contributed by atoms with Crippen molar-refractivity contribution < 1.29 is 9.53 Å². The fraction of sp³-hybridized carbons (Fsp3) is 0.357. The fourth-order valence-corrected chi connectivity index (χ4v) is 1.49. The number of nitrogens with one attached hydrogen (secondary N) is 1. The Hall–Kier alpha value is -1.61. The average Bonchev–Trinajstić information content (AvgIpc) is 2.29. The molecule has 0 bridgehead atoms. The van der Waals surface area contributed by atoms with Crippen LogP contribution in [0.1, 0.15) is 18.1 Å². The number of hydrogen-bond donors (Lipinski definition) is 1. The lowest BCUT2D eigenvalue weighted by Crippen LogP contribution is -2.21. The van der Waals surface area contributed by atoms with Crippen LogP contribution in [-0.4, -0.2) is 19.1 Å². The smallest absolute Gasteiger partial charge is 0.334 e. The zero-order valence-corrected chi connectivity index (χ0v) is 10.5. The van der Waals surface area contributed by atoms with Gasteiger partial charge in [-0.25, -0.2) is 4.79 Å². The second-order valence-corrected chi connectivity index (χ2v) is 3.92. The molecule has 0 aliphatic carbocycles. The van der Waals surface area contributed by atoms with Gasteiger partial charge in [-0.1, -0.05) is 36.4 Å². The van der Waals surface area contributed by atoms with Crippen LogP contribution >= 0.6 is 0 Å². The van der Waals surface area contributed by atoms with E-state index in [4.69, 9.17) is 4.74 Å². The summed E-state index contributed by atoms with van der Waals surface area (Å²) in [4.78, 5) is 11.3. The van der Waals surface area contributed by atoms with Gasteiger partial charge in [0.1, 0.15) is 0 Å². The quantitative estimate of drug-likeness (QED) is 0.604. The van der Waals surface area contributed by atoms with Crippen molar-refractivity contribution in [2.75, 3.05) is 13.2 Å². The molecular weight excluding hydrogens is 214 g/mol. The maximum atomic E-state index is 11.3. The molecule has 0 heterocycles. The van der Waals surface area contributed by atoms with E-state index in [2.05, 4.69) is 31.0 Å². The van der Waals surface area contributed by atoms with Gasteiger partial charge in [-0.15, -0.1) is 0 Å². The number of carbonyl (C=O) groups is 1. The van der Waals surface area contributed by atoms with Crippen molar-refractivity contribution in [2.24, 2.45) is 0 Å². The first-order chi connectivity index (χ1) is 8.13. The van der Waals surface area contributed by atoms with E-state index in [0.717, 1.165) is 6.54 Å². The van der Waals surface area contributed by atoms with E-state index in [-0.39, 0.29) is 5.97 Å². The predicted octanol–water partition coefficient (Wildman–Crippen LogP) is 2.20. The van der Waals surface area contributed by atoms with Crippen LogP contribution in [0.4, 0.5) is 0 Å². The van der Waals surface area contributed by atoms with Gasteiger partial charge in [-0.3, -0.25) is 0 Å². The first-order valence-corrected chi connectivity index (χ1v) is 5.74. The summed E-state index contributed by atoms with van der Waals surface area (Å²) in [5.74, 6) is -0.329. The Morgan fingerprint density at radius 3 is 2.88 bits per heavy atom. The Balaban J connectivity index is 2.33. The molecule has 92 valence electrons. The molecule has 1 N–H and O–H groups in total. The van der Waals surface area contributed by atoms with Crippen molar-refractivity contribution in [1.82, 2.24) is 5.32 Å². The average molecular weight is 233 g/mol. The van der Waals surface area contributed by atoms with Gasteiger partial charge < -0.3 is 10.1 Å². The molecule has 1 aromatic rings. The van der Waals surface area contributed by atoms with E-state index in [1.165, 1.54) is 11.1 Å². The number of benzene rings is 1. The van der Waals surface area contributed by atoms with Crippen LogP contribution in [0.15, 0.2) is 36.4 Å². The lowest BCUT2D eigenvalue weighted by Gasteiger charge is -2.07. The molecule has 0 unspecified atom stereocenters. The first kappa shape index (κ1) is 13.5. The Kier molecular flexibility index (Phi) is 5.43. The van der Waals surface area contributed by atoms with Crippen LogP contribution in [0.3, 0.4) is 0 Å². The minimum Gasteiger partial charge on any atom is -0.463 e. The summed E-state index contributed by atoms with van der Waals surface area (Å²) in [6, 6.07) is 8.24. The van der Waals surface area contributed by atoms with Gasteiger partial charge in [0.05, 0.1) is 6.61 Å². The molecule has 1 rings (SSSR count). The molecule has 0 saturated heterocycles. The van der Waals surface area contributed by atoms with Gasteiger partial charge >= 0.3 is 5.97 Å². The van der Waals surface area contributed by atoms with E-state index < -0.39 is 0 Å². The maximum absolute atomic E-state index is 11.3. The number of aryl methyl sites for hydroxylation is 1. The summed E-state index contributed by atoms with van der Waals surface area (Å²) < 4.78 is 4.85. The summed E-state index contributed by atoms with van der Waals surface area (Å²) in [5.41, 5.74) is 2.88. The second-order valence-electron chi connectivity index (χ2n) is 3.92. The van der Waals surface area contributed by atoms with Gasteiger partial charge in [0.2, 0.25) is 0 Å². The summed E-state index contributed by atoms with van der Waals surface area (Å²) in [6.07, 6.45) is 0. The highest BCUT2D eigenvalue weighted by Crippen LogP contribution is 2.03. The Morgan fingerprint density at radius 2 is 2.24 bits per heavy atom. The molecule has 0 fully saturated rings. The van der Waals surface area contributed by atoms with E-state index in [1.807, 2.05) is 12.1 Å². The molecule has 0 saturated carbocycles. The van der Waals surface area contributed by atoms with Gasteiger partial charge in [0.15, 0.2) is 0 Å². The van der Waals surface area contributed by atoms with Crippen molar-refractivity contribution >= 4 is 5.97 Å². The lowest BCUT2D eigenvalue weighted by atomic mass is 10.1. The highest BCUT2D eigenvalue weighted by atomic mass is 16.5. The standard InChI is InChI=1S/C14H19NO2/c1-4-17-14(16)12(3)9-15-10-13-7-5-6-11(2)8-13/h5-8,15H,3-4,9-10H2,1-2H3. The zero-order valence-electron chi connectivity index (χ0n) is 10.5. The molecule has 0 radical (unpaired) electrons. The maximum Gasteiger partial charge on any atom is 0.334 e. The fourth-order valence-electron chi connectivity index (χ4n) is 1.49. The van der Waals surface area contributed by atoms with Crippen molar-refractivity contribution in [3.8, 4) is 0 Å². The summed E-state index contributed by atoms with van der Waals surface area (Å²) in [6.45, 7) is 9.08. The van der Waals surface area contributed by atoms with Crippen molar-refractivity contribution in [1.29, 1.82) is 0 Å². The molecule has 3 heteroatoms. The SMILES string of the molecule is C=C(CNCc1cccc(C)c1)C(=O)OCC. The topological polar surface area (TPSA) is 38.3 Å². The number of rotatable bonds is 6. The van der Waals surface area contributed by atoms with Crippen LogP contribution in [-0.2, 0) is 16.1 Å². The van der Waals surface area contributed by atoms with Crippen LogP contribution < -0.4 is 5.32 Å². The summed E-state index contributed by atoms with van der Waals surface area (Å²) in [7, 11) is 0. The van der Waals surface area contributed by atoms with Gasteiger partial charge in [0.25, 0.3) is 0 Å². The molecule has 0 aliphatic rings. The largest absolute Gasteiger partial charge is 0.463 e. The van der Waals surface area contributed by atoms with Crippen molar-refractivity contribution in [3.05, 3.63) is 47.5 Å². The van der Waals surface area contributed by atoms with Crippen LogP contribution in [0.25, 0.3) is 0 Å².